The Kier molecular flexibility index (Phi) is 2.94. The molecule has 0 aliphatic carbocycles. The average molecular weight is 224 g/mol. The van der Waals surface area contributed by atoms with Crippen LogP contribution in [0.25, 0.3) is 0 Å². The lowest BCUT2D eigenvalue weighted by Crippen LogP contribution is -2.49. The fourth-order valence-electron chi connectivity index (χ4n) is 3.56. The number of fused-ring (bicyclic) bond motifs is 2. The van der Waals surface area contributed by atoms with Crippen molar-refractivity contribution < 1.29 is 4.74 Å². The molecule has 16 heavy (non-hydrogen) atoms. The largest absolute Gasteiger partial charge is 0.372 e. The Morgan fingerprint density at radius 1 is 1.19 bits per heavy atom. The van der Waals surface area contributed by atoms with Crippen LogP contribution in [0.5, 0.6) is 0 Å². The fraction of sp³-hybridized carbons (Fsp3) is 1.00. The Morgan fingerprint density at radius 3 is 2.44 bits per heavy atom. The van der Waals surface area contributed by atoms with Gasteiger partial charge in [-0.1, -0.05) is 6.92 Å². The number of nitrogens with one attached hydrogen (secondary N) is 1. The molecule has 0 saturated carbocycles. The summed E-state index contributed by atoms with van der Waals surface area (Å²) in [5, 5.41) is 3.46. The average Bonchev–Trinajstić information content (AvgIpc) is 2.58. The van der Waals surface area contributed by atoms with Gasteiger partial charge in [0.1, 0.15) is 0 Å². The molecule has 3 fully saturated rings. The highest BCUT2D eigenvalue weighted by Crippen LogP contribution is 2.32. The van der Waals surface area contributed by atoms with Gasteiger partial charge >= 0.3 is 0 Å². The Balaban J connectivity index is 1.57. The Morgan fingerprint density at radius 2 is 1.81 bits per heavy atom. The van der Waals surface area contributed by atoms with Crippen LogP contribution in [-0.2, 0) is 4.74 Å². The Bertz CT molecular complexity index is 238. The minimum atomic E-state index is 0.544. The van der Waals surface area contributed by atoms with E-state index >= 15 is 0 Å². The summed E-state index contributed by atoms with van der Waals surface area (Å²) in [5.41, 5.74) is 0.544. The van der Waals surface area contributed by atoms with E-state index in [1.165, 1.54) is 58.4 Å². The predicted octanol–water partition coefficient (Wildman–Crippen LogP) is 1.24. The van der Waals surface area contributed by atoms with E-state index < -0.39 is 0 Å². The molecule has 0 aromatic carbocycles. The highest BCUT2D eigenvalue weighted by atomic mass is 16.5. The minimum absolute atomic E-state index is 0.544. The lowest BCUT2D eigenvalue weighted by molar-refractivity contribution is -0.0516. The molecule has 1 N–H and O–H groups in total. The maximum Gasteiger partial charge on any atom is 0.0707 e. The molecule has 3 heterocycles. The number of ether oxygens (including phenoxy) is 1. The van der Waals surface area contributed by atoms with Crippen LogP contribution in [0.2, 0.25) is 0 Å². The van der Waals surface area contributed by atoms with Crippen LogP contribution in [0.1, 0.15) is 32.6 Å². The van der Waals surface area contributed by atoms with E-state index in [1.807, 2.05) is 0 Å². The molecule has 2 atom stereocenters. The molecule has 0 amide bonds. The predicted molar refractivity (Wildman–Crippen MR) is 64.5 cm³/mol. The molecule has 2 unspecified atom stereocenters. The quantitative estimate of drug-likeness (QED) is 0.764. The Hall–Kier alpha value is -0.120. The monoisotopic (exact) mass is 224 g/mol. The van der Waals surface area contributed by atoms with Gasteiger partial charge in [-0.25, -0.2) is 0 Å². The lowest BCUT2D eigenvalue weighted by atomic mass is 9.80. The summed E-state index contributed by atoms with van der Waals surface area (Å²) in [6, 6.07) is 0. The van der Waals surface area contributed by atoms with E-state index in [-0.39, 0.29) is 0 Å². The van der Waals surface area contributed by atoms with Crippen molar-refractivity contribution in [1.82, 2.24) is 10.2 Å². The molecule has 92 valence electrons. The smallest absolute Gasteiger partial charge is 0.0707 e. The van der Waals surface area contributed by atoms with E-state index in [2.05, 4.69) is 17.1 Å². The molecule has 3 saturated heterocycles. The molecule has 3 aliphatic rings. The van der Waals surface area contributed by atoms with Crippen molar-refractivity contribution in [3.05, 3.63) is 0 Å². The Labute approximate surface area is 98.5 Å². The SMILES string of the molecule is CC1(CN2CC3CCC(C2)O3)CCNCC1. The molecule has 3 nitrogen and oxygen atoms in total. The van der Waals surface area contributed by atoms with Crippen molar-refractivity contribution in [3.63, 3.8) is 0 Å². The van der Waals surface area contributed by atoms with Gasteiger partial charge in [-0.2, -0.15) is 0 Å². The molecule has 0 aromatic heterocycles. The highest BCUT2D eigenvalue weighted by molar-refractivity contribution is 4.89. The van der Waals surface area contributed by atoms with E-state index in [1.54, 1.807) is 0 Å². The molecule has 3 heteroatoms. The second kappa shape index (κ2) is 4.28. The number of morpholine rings is 1. The van der Waals surface area contributed by atoms with Gasteiger partial charge in [0.25, 0.3) is 0 Å². The van der Waals surface area contributed by atoms with E-state index in [0.717, 1.165) is 0 Å². The van der Waals surface area contributed by atoms with E-state index in [4.69, 9.17) is 4.74 Å². The molecule has 3 rings (SSSR count). The van der Waals surface area contributed by atoms with Crippen LogP contribution < -0.4 is 5.32 Å². The summed E-state index contributed by atoms with van der Waals surface area (Å²) >= 11 is 0. The van der Waals surface area contributed by atoms with Crippen molar-refractivity contribution in [3.8, 4) is 0 Å². The first-order valence-corrected chi connectivity index (χ1v) is 6.82. The third-order valence-corrected chi connectivity index (χ3v) is 4.54. The fourth-order valence-corrected chi connectivity index (χ4v) is 3.56. The van der Waals surface area contributed by atoms with Crippen LogP contribution in [-0.4, -0.2) is 49.8 Å². The zero-order valence-corrected chi connectivity index (χ0v) is 10.4. The van der Waals surface area contributed by atoms with Gasteiger partial charge in [-0.05, 0) is 44.2 Å². The number of rotatable bonds is 2. The molecule has 3 aliphatic heterocycles. The summed E-state index contributed by atoms with van der Waals surface area (Å²) in [6.45, 7) is 8.51. The summed E-state index contributed by atoms with van der Waals surface area (Å²) in [7, 11) is 0. The van der Waals surface area contributed by atoms with Crippen LogP contribution in [0.3, 0.4) is 0 Å². The number of likely N-dealkylation sites (tertiary alicyclic amines) is 1. The van der Waals surface area contributed by atoms with Gasteiger partial charge in [-0.3, -0.25) is 4.90 Å². The van der Waals surface area contributed by atoms with Gasteiger partial charge < -0.3 is 10.1 Å². The maximum atomic E-state index is 5.90. The van der Waals surface area contributed by atoms with Crippen LogP contribution in [0.4, 0.5) is 0 Å². The zero-order chi connectivity index (χ0) is 11.0. The van der Waals surface area contributed by atoms with Gasteiger partial charge in [0.05, 0.1) is 12.2 Å². The third-order valence-electron chi connectivity index (χ3n) is 4.54. The zero-order valence-electron chi connectivity index (χ0n) is 10.4. The summed E-state index contributed by atoms with van der Waals surface area (Å²) in [6.07, 6.45) is 6.34. The lowest BCUT2D eigenvalue weighted by Gasteiger charge is -2.41. The molecule has 2 bridgehead atoms. The minimum Gasteiger partial charge on any atom is -0.372 e. The standard InChI is InChI=1S/C13H24N2O/c1-13(4-6-14-7-5-13)10-15-8-11-2-3-12(9-15)16-11/h11-12,14H,2-10H2,1H3. The summed E-state index contributed by atoms with van der Waals surface area (Å²) in [4.78, 5) is 2.66. The molecule has 0 aromatic rings. The van der Waals surface area contributed by atoms with Crippen molar-refractivity contribution in [1.29, 1.82) is 0 Å². The van der Waals surface area contributed by atoms with Gasteiger partial charge in [-0.15, -0.1) is 0 Å². The van der Waals surface area contributed by atoms with Crippen molar-refractivity contribution in [2.24, 2.45) is 5.41 Å². The molecule has 0 spiro atoms. The van der Waals surface area contributed by atoms with Crippen LogP contribution >= 0.6 is 0 Å². The topological polar surface area (TPSA) is 24.5 Å². The van der Waals surface area contributed by atoms with Crippen LogP contribution in [0, 0.1) is 5.41 Å². The third kappa shape index (κ3) is 2.27. The van der Waals surface area contributed by atoms with Gasteiger partial charge in [0.15, 0.2) is 0 Å². The van der Waals surface area contributed by atoms with Gasteiger partial charge in [0, 0.05) is 19.6 Å². The second-order valence-electron chi connectivity index (χ2n) is 6.21. The van der Waals surface area contributed by atoms with E-state index in [9.17, 15) is 0 Å². The molecular weight excluding hydrogens is 200 g/mol. The normalized spacial score (nSPS) is 38.8. The summed E-state index contributed by atoms with van der Waals surface area (Å²) < 4.78 is 5.90. The molecular formula is C13H24N2O. The highest BCUT2D eigenvalue weighted by Gasteiger charge is 2.37. The van der Waals surface area contributed by atoms with Crippen molar-refractivity contribution >= 4 is 0 Å². The summed E-state index contributed by atoms with van der Waals surface area (Å²) in [5.74, 6) is 0. The van der Waals surface area contributed by atoms with E-state index in [0.29, 0.717) is 17.6 Å². The number of hydrogen-bond donors (Lipinski definition) is 1. The van der Waals surface area contributed by atoms with Crippen LogP contribution in [0.15, 0.2) is 0 Å². The number of piperidine rings is 1. The van der Waals surface area contributed by atoms with Gasteiger partial charge in [0.2, 0.25) is 0 Å². The first-order valence-electron chi connectivity index (χ1n) is 6.82. The van der Waals surface area contributed by atoms with Crippen molar-refractivity contribution in [2.75, 3.05) is 32.7 Å². The van der Waals surface area contributed by atoms with Crippen molar-refractivity contribution in [2.45, 2.75) is 44.8 Å². The maximum absolute atomic E-state index is 5.90. The number of hydrogen-bond acceptors (Lipinski definition) is 3. The molecule has 0 radical (unpaired) electrons. The number of nitrogens with zero attached hydrogens (tertiary/aromatic N) is 1. The first kappa shape index (κ1) is 11.0. The second-order valence-corrected chi connectivity index (χ2v) is 6.21. The first-order chi connectivity index (χ1) is 7.73.